The van der Waals surface area contributed by atoms with Crippen LogP contribution in [0.15, 0.2) is 71.9 Å². The molecule has 1 amide bonds. The van der Waals surface area contributed by atoms with Gasteiger partial charge in [0.25, 0.3) is 5.91 Å². The Morgan fingerprint density at radius 2 is 1.66 bits per heavy atom. The van der Waals surface area contributed by atoms with E-state index in [-0.39, 0.29) is 10.5 Å². The lowest BCUT2D eigenvalue weighted by Gasteiger charge is -2.30. The van der Waals surface area contributed by atoms with Crippen molar-refractivity contribution in [3.63, 3.8) is 0 Å². The molecule has 4 rings (SSSR count). The molecule has 0 radical (unpaired) electrons. The SMILES string of the molecule is NS(=O)(=O)c1ccc(N2CCOCC2)c(C(=O)Nc2ccc(Oc3ccncc3)cc2)c1. The molecule has 3 N–H and O–H groups in total. The lowest BCUT2D eigenvalue weighted by Crippen LogP contribution is -2.37. The lowest BCUT2D eigenvalue weighted by molar-refractivity contribution is 0.102. The predicted octanol–water partition coefficient (Wildman–Crippen LogP) is 2.61. The number of aromatic nitrogens is 1. The Morgan fingerprint density at radius 1 is 1.00 bits per heavy atom. The molecular formula is C22H22N4O5S. The number of nitrogens with one attached hydrogen (secondary N) is 1. The maximum absolute atomic E-state index is 13.1. The van der Waals surface area contributed by atoms with Gasteiger partial charge in [0, 0.05) is 36.9 Å². The van der Waals surface area contributed by atoms with Gasteiger partial charge in [-0.05, 0) is 54.6 Å². The first kappa shape index (κ1) is 21.8. The van der Waals surface area contributed by atoms with Gasteiger partial charge in [-0.1, -0.05) is 0 Å². The number of sulfonamides is 1. The molecule has 2 aromatic carbocycles. The molecule has 1 fully saturated rings. The van der Waals surface area contributed by atoms with Crippen LogP contribution in [-0.2, 0) is 14.8 Å². The number of carbonyl (C=O) groups excluding carboxylic acids is 1. The second kappa shape index (κ2) is 9.35. The van der Waals surface area contributed by atoms with Crippen molar-refractivity contribution in [2.45, 2.75) is 4.90 Å². The van der Waals surface area contributed by atoms with Crippen molar-refractivity contribution in [2.75, 3.05) is 36.5 Å². The van der Waals surface area contributed by atoms with E-state index in [9.17, 15) is 13.2 Å². The number of amides is 1. The Kier molecular flexibility index (Phi) is 6.35. The van der Waals surface area contributed by atoms with Crippen molar-refractivity contribution in [3.8, 4) is 11.5 Å². The highest BCUT2D eigenvalue weighted by atomic mass is 32.2. The number of ether oxygens (including phenoxy) is 2. The first-order chi connectivity index (χ1) is 15.4. The van der Waals surface area contributed by atoms with E-state index in [2.05, 4.69) is 10.3 Å². The Labute approximate surface area is 185 Å². The zero-order chi connectivity index (χ0) is 22.6. The second-order valence-electron chi connectivity index (χ2n) is 7.09. The molecule has 1 aliphatic heterocycles. The van der Waals surface area contributed by atoms with Crippen LogP contribution in [0.25, 0.3) is 0 Å². The number of hydrogen-bond donors (Lipinski definition) is 2. The van der Waals surface area contributed by atoms with Crippen LogP contribution in [0.3, 0.4) is 0 Å². The summed E-state index contributed by atoms with van der Waals surface area (Å²) in [4.78, 5) is 18.9. The van der Waals surface area contributed by atoms with Crippen molar-refractivity contribution in [1.82, 2.24) is 4.98 Å². The van der Waals surface area contributed by atoms with Gasteiger partial charge < -0.3 is 19.7 Å². The standard InChI is InChI=1S/C22H22N4O5S/c23-32(28,29)19-5-6-21(26-11-13-30-14-12-26)20(15-19)22(27)25-16-1-3-17(4-2-16)31-18-7-9-24-10-8-18/h1-10,15H,11-14H2,(H,25,27)(H2,23,28,29). The predicted molar refractivity (Wildman–Crippen MR) is 120 cm³/mol. The molecule has 10 heteroatoms. The maximum atomic E-state index is 13.1. The third kappa shape index (κ3) is 5.22. The van der Waals surface area contributed by atoms with E-state index in [0.29, 0.717) is 49.2 Å². The summed E-state index contributed by atoms with van der Waals surface area (Å²) < 4.78 is 34.8. The number of primary sulfonamides is 1. The molecule has 166 valence electrons. The number of carbonyl (C=O) groups is 1. The number of anilines is 2. The minimum absolute atomic E-state index is 0.124. The Balaban J connectivity index is 1.56. The fraction of sp³-hybridized carbons (Fsp3) is 0.182. The van der Waals surface area contributed by atoms with Gasteiger partial charge in [-0.15, -0.1) is 0 Å². The van der Waals surface area contributed by atoms with Crippen LogP contribution in [0.1, 0.15) is 10.4 Å². The number of benzene rings is 2. The second-order valence-corrected chi connectivity index (χ2v) is 8.65. The quantitative estimate of drug-likeness (QED) is 0.587. The van der Waals surface area contributed by atoms with Crippen LogP contribution in [0.2, 0.25) is 0 Å². The number of morpholine rings is 1. The van der Waals surface area contributed by atoms with Crippen molar-refractivity contribution in [3.05, 3.63) is 72.6 Å². The zero-order valence-corrected chi connectivity index (χ0v) is 17.9. The minimum atomic E-state index is -3.96. The van der Waals surface area contributed by atoms with Gasteiger partial charge in [0.05, 0.1) is 23.7 Å². The van der Waals surface area contributed by atoms with Gasteiger partial charge in [0.1, 0.15) is 11.5 Å². The van der Waals surface area contributed by atoms with Crippen molar-refractivity contribution in [1.29, 1.82) is 0 Å². The van der Waals surface area contributed by atoms with Gasteiger partial charge in [0.2, 0.25) is 10.0 Å². The molecule has 0 unspecified atom stereocenters. The Bertz CT molecular complexity index is 1190. The van der Waals surface area contributed by atoms with E-state index in [0.717, 1.165) is 0 Å². The van der Waals surface area contributed by atoms with E-state index < -0.39 is 15.9 Å². The molecule has 0 saturated carbocycles. The van der Waals surface area contributed by atoms with E-state index in [4.69, 9.17) is 14.6 Å². The molecule has 2 heterocycles. The highest BCUT2D eigenvalue weighted by Crippen LogP contribution is 2.27. The minimum Gasteiger partial charge on any atom is -0.457 e. The molecule has 32 heavy (non-hydrogen) atoms. The highest BCUT2D eigenvalue weighted by molar-refractivity contribution is 7.89. The lowest BCUT2D eigenvalue weighted by atomic mass is 10.1. The highest BCUT2D eigenvalue weighted by Gasteiger charge is 2.22. The number of nitrogens with zero attached hydrogens (tertiary/aromatic N) is 2. The third-order valence-corrected chi connectivity index (χ3v) is 5.80. The van der Waals surface area contributed by atoms with Crippen LogP contribution >= 0.6 is 0 Å². The summed E-state index contributed by atoms with van der Waals surface area (Å²) >= 11 is 0. The number of rotatable bonds is 6. The van der Waals surface area contributed by atoms with Crippen LogP contribution < -0.4 is 20.1 Å². The molecule has 0 aliphatic carbocycles. The summed E-state index contributed by atoms with van der Waals surface area (Å²) in [5, 5.41) is 8.09. The summed E-state index contributed by atoms with van der Waals surface area (Å²) in [5.41, 5.74) is 1.37. The molecule has 1 saturated heterocycles. The number of nitrogens with two attached hydrogens (primary N) is 1. The van der Waals surface area contributed by atoms with Crippen LogP contribution in [0, 0.1) is 0 Å². The topological polar surface area (TPSA) is 124 Å². The molecule has 0 spiro atoms. The Hall–Kier alpha value is -3.47. The third-order valence-electron chi connectivity index (χ3n) is 4.89. The van der Waals surface area contributed by atoms with Gasteiger partial charge >= 0.3 is 0 Å². The molecule has 3 aromatic rings. The largest absolute Gasteiger partial charge is 0.457 e. The first-order valence-corrected chi connectivity index (χ1v) is 11.4. The molecule has 9 nitrogen and oxygen atoms in total. The number of hydrogen-bond acceptors (Lipinski definition) is 7. The summed E-state index contributed by atoms with van der Waals surface area (Å²) in [6.45, 7) is 2.24. The normalized spacial score (nSPS) is 14.1. The van der Waals surface area contributed by atoms with Crippen molar-refractivity contribution < 1.29 is 22.7 Å². The van der Waals surface area contributed by atoms with Crippen LogP contribution in [0.4, 0.5) is 11.4 Å². The molecule has 1 aromatic heterocycles. The molecule has 0 bridgehead atoms. The summed E-state index contributed by atoms with van der Waals surface area (Å²) in [6.07, 6.45) is 3.26. The first-order valence-electron chi connectivity index (χ1n) is 9.89. The average molecular weight is 455 g/mol. The van der Waals surface area contributed by atoms with Crippen LogP contribution in [-0.4, -0.2) is 45.6 Å². The van der Waals surface area contributed by atoms with Gasteiger partial charge in [-0.3, -0.25) is 9.78 Å². The monoisotopic (exact) mass is 454 g/mol. The van der Waals surface area contributed by atoms with E-state index in [1.54, 1.807) is 54.9 Å². The fourth-order valence-electron chi connectivity index (χ4n) is 3.30. The van der Waals surface area contributed by atoms with Gasteiger partial charge in [0.15, 0.2) is 0 Å². The van der Waals surface area contributed by atoms with E-state index in [1.165, 1.54) is 12.1 Å². The molecular weight excluding hydrogens is 432 g/mol. The molecule has 1 aliphatic rings. The number of pyridine rings is 1. The summed E-state index contributed by atoms with van der Waals surface area (Å²) in [6, 6.07) is 14.6. The molecule has 0 atom stereocenters. The van der Waals surface area contributed by atoms with Crippen molar-refractivity contribution in [2.24, 2.45) is 5.14 Å². The van der Waals surface area contributed by atoms with Crippen LogP contribution in [0.5, 0.6) is 11.5 Å². The van der Waals surface area contributed by atoms with E-state index in [1.807, 2.05) is 4.90 Å². The fourth-order valence-corrected chi connectivity index (χ4v) is 3.84. The van der Waals surface area contributed by atoms with Gasteiger partial charge in [-0.25, -0.2) is 13.6 Å². The maximum Gasteiger partial charge on any atom is 0.257 e. The zero-order valence-electron chi connectivity index (χ0n) is 17.1. The van der Waals surface area contributed by atoms with Crippen molar-refractivity contribution >= 4 is 27.3 Å². The average Bonchev–Trinajstić information content (AvgIpc) is 2.80. The summed E-state index contributed by atoms with van der Waals surface area (Å²) in [7, 11) is -3.96. The summed E-state index contributed by atoms with van der Waals surface area (Å²) in [5.74, 6) is 0.797. The Morgan fingerprint density at radius 3 is 2.31 bits per heavy atom. The van der Waals surface area contributed by atoms with E-state index >= 15 is 0 Å². The van der Waals surface area contributed by atoms with Gasteiger partial charge in [-0.2, -0.15) is 0 Å². The smallest absolute Gasteiger partial charge is 0.257 e.